The van der Waals surface area contributed by atoms with Gasteiger partial charge in [-0.05, 0) is 53.6 Å². The summed E-state index contributed by atoms with van der Waals surface area (Å²) >= 11 is 1.71. The predicted octanol–water partition coefficient (Wildman–Crippen LogP) is 12.6. The lowest BCUT2D eigenvalue weighted by Crippen LogP contribution is -2.00. The maximum absolute atomic E-state index is 6.45. The number of hydrogen-bond acceptors (Lipinski definition) is 7. The van der Waals surface area contributed by atoms with E-state index in [4.69, 9.17) is 28.8 Å². The summed E-state index contributed by atoms with van der Waals surface area (Å²) in [6, 6.07) is 53.5. The number of fused-ring (bicyclic) bond motifs is 7. The van der Waals surface area contributed by atoms with E-state index in [1.807, 2.05) is 78.9 Å². The molecule has 0 saturated heterocycles. The second kappa shape index (κ2) is 11.8. The largest absolute Gasteiger partial charge is 0.456 e. The van der Waals surface area contributed by atoms with Crippen molar-refractivity contribution in [1.82, 2.24) is 19.9 Å². The highest BCUT2D eigenvalue weighted by Gasteiger charge is 2.20. The lowest BCUT2D eigenvalue weighted by Gasteiger charge is -2.10. The van der Waals surface area contributed by atoms with Crippen molar-refractivity contribution < 1.29 is 8.83 Å². The Morgan fingerprint density at radius 2 is 0.962 bits per heavy atom. The average molecular weight is 699 g/mol. The summed E-state index contributed by atoms with van der Waals surface area (Å²) in [4.78, 5) is 20.2. The van der Waals surface area contributed by atoms with Crippen LogP contribution < -0.4 is 0 Å². The third-order valence-corrected chi connectivity index (χ3v) is 10.9. The van der Waals surface area contributed by atoms with Gasteiger partial charge in [-0.1, -0.05) is 115 Å². The monoisotopic (exact) mass is 698 g/mol. The zero-order valence-electron chi connectivity index (χ0n) is 28.0. The summed E-state index contributed by atoms with van der Waals surface area (Å²) in [5.41, 5.74) is 10.2. The molecule has 7 aromatic carbocycles. The predicted molar refractivity (Wildman–Crippen MR) is 215 cm³/mol. The van der Waals surface area contributed by atoms with Crippen molar-refractivity contribution in [3.8, 4) is 55.9 Å². The molecule has 0 unspecified atom stereocenters. The van der Waals surface area contributed by atoms with Gasteiger partial charge in [0.15, 0.2) is 17.5 Å². The van der Waals surface area contributed by atoms with Crippen LogP contribution in [0.3, 0.4) is 0 Å². The number of thiazole rings is 1. The molecule has 0 radical (unpaired) electrons. The molecule has 0 saturated carbocycles. The molecule has 0 aliphatic rings. The van der Waals surface area contributed by atoms with Gasteiger partial charge in [-0.2, -0.15) is 0 Å². The molecule has 0 N–H and O–H groups in total. The Morgan fingerprint density at radius 1 is 0.377 bits per heavy atom. The fourth-order valence-corrected chi connectivity index (χ4v) is 8.26. The second-order valence-corrected chi connectivity index (χ2v) is 14.0. The molecule has 0 fully saturated rings. The van der Waals surface area contributed by atoms with Crippen molar-refractivity contribution in [3.05, 3.63) is 158 Å². The Morgan fingerprint density at radius 3 is 1.72 bits per heavy atom. The maximum atomic E-state index is 6.45. The number of hydrogen-bond donors (Lipinski definition) is 0. The quantitative estimate of drug-likeness (QED) is 0.178. The first-order chi connectivity index (χ1) is 26.2. The number of furan rings is 2. The van der Waals surface area contributed by atoms with Crippen LogP contribution in [0.1, 0.15) is 0 Å². The Balaban J connectivity index is 1.07. The van der Waals surface area contributed by atoms with Crippen molar-refractivity contribution >= 4 is 65.4 Å². The Bertz CT molecular complexity index is 3150. The lowest BCUT2D eigenvalue weighted by atomic mass is 9.99. The van der Waals surface area contributed by atoms with E-state index in [-0.39, 0.29) is 0 Å². The summed E-state index contributed by atoms with van der Waals surface area (Å²) in [5.74, 6) is 1.73. The highest BCUT2D eigenvalue weighted by molar-refractivity contribution is 7.21. The molecule has 0 aliphatic heterocycles. The van der Waals surface area contributed by atoms with E-state index in [0.717, 1.165) is 87.8 Å². The van der Waals surface area contributed by atoms with E-state index in [0.29, 0.717) is 17.5 Å². The molecule has 11 aromatic rings. The first kappa shape index (κ1) is 29.7. The summed E-state index contributed by atoms with van der Waals surface area (Å²) in [6.45, 7) is 0. The van der Waals surface area contributed by atoms with Crippen LogP contribution in [0.25, 0.3) is 110 Å². The summed E-state index contributed by atoms with van der Waals surface area (Å²) in [7, 11) is 0. The van der Waals surface area contributed by atoms with Crippen LogP contribution in [0.4, 0.5) is 0 Å². The number of aromatic nitrogens is 4. The van der Waals surface area contributed by atoms with Gasteiger partial charge in [-0.3, -0.25) is 0 Å². The molecule has 4 aromatic heterocycles. The molecule has 6 nitrogen and oxygen atoms in total. The molecule has 11 rings (SSSR count). The third kappa shape index (κ3) is 4.93. The Hall–Kier alpha value is -6.96. The molecule has 0 amide bonds. The van der Waals surface area contributed by atoms with Crippen molar-refractivity contribution in [2.24, 2.45) is 0 Å². The molecule has 0 spiro atoms. The smallest absolute Gasteiger partial charge is 0.164 e. The standard InChI is InChI=1S/C46H26N4O2S/c1-2-10-28(11-3-1)43-48-44(32-13-8-17-38-41(32)31-12-4-6-16-36(31)51-38)50-45(49-43)33-14-9-18-39-42(33)34-26-30(24-25-37(34)52-39)27-20-22-29(23-21-27)46-47-35-15-5-7-19-40(35)53-46/h1-26H. The number of nitrogens with zero attached hydrogens (tertiary/aromatic N) is 4. The molecule has 4 heterocycles. The minimum atomic E-state index is 0.567. The van der Waals surface area contributed by atoms with Gasteiger partial charge >= 0.3 is 0 Å². The number of rotatable bonds is 5. The third-order valence-electron chi connectivity index (χ3n) is 9.81. The van der Waals surface area contributed by atoms with Crippen LogP contribution >= 0.6 is 11.3 Å². The zero-order valence-corrected chi connectivity index (χ0v) is 28.8. The van der Waals surface area contributed by atoms with Gasteiger partial charge in [0.1, 0.15) is 27.3 Å². The van der Waals surface area contributed by atoms with Crippen LogP contribution in [0.2, 0.25) is 0 Å². The van der Waals surface area contributed by atoms with Gasteiger partial charge in [-0.25, -0.2) is 19.9 Å². The van der Waals surface area contributed by atoms with Gasteiger partial charge in [-0.15, -0.1) is 11.3 Å². The SMILES string of the molecule is c1ccc(-c2nc(-c3cccc4oc5ccccc5c34)nc(-c3cccc4oc5ccc(-c6ccc(-c7nc8ccccc8s7)cc6)cc5c34)n2)cc1. The van der Waals surface area contributed by atoms with Crippen molar-refractivity contribution in [2.45, 2.75) is 0 Å². The van der Waals surface area contributed by atoms with Crippen molar-refractivity contribution in [2.75, 3.05) is 0 Å². The first-order valence-electron chi connectivity index (χ1n) is 17.4. The highest BCUT2D eigenvalue weighted by Crippen LogP contribution is 2.40. The van der Waals surface area contributed by atoms with Gasteiger partial charge < -0.3 is 8.83 Å². The van der Waals surface area contributed by atoms with Gasteiger partial charge in [0.25, 0.3) is 0 Å². The molecule has 248 valence electrons. The average Bonchev–Trinajstić information content (AvgIpc) is 3.94. The van der Waals surface area contributed by atoms with E-state index >= 15 is 0 Å². The lowest BCUT2D eigenvalue weighted by molar-refractivity contribution is 0.668. The van der Waals surface area contributed by atoms with Crippen LogP contribution in [0.15, 0.2) is 167 Å². The Kier molecular flexibility index (Phi) is 6.62. The van der Waals surface area contributed by atoms with E-state index in [1.165, 1.54) is 4.70 Å². The molecular formula is C46H26N4O2S. The first-order valence-corrected chi connectivity index (χ1v) is 18.2. The highest BCUT2D eigenvalue weighted by atomic mass is 32.1. The zero-order chi connectivity index (χ0) is 34.9. The van der Waals surface area contributed by atoms with Crippen LogP contribution in [0, 0.1) is 0 Å². The molecule has 0 bridgehead atoms. The van der Waals surface area contributed by atoms with E-state index in [1.54, 1.807) is 11.3 Å². The van der Waals surface area contributed by atoms with E-state index in [2.05, 4.69) is 78.9 Å². The van der Waals surface area contributed by atoms with Crippen molar-refractivity contribution in [3.63, 3.8) is 0 Å². The molecule has 0 atom stereocenters. The number of para-hydroxylation sites is 2. The fraction of sp³-hybridized carbons (Fsp3) is 0. The van der Waals surface area contributed by atoms with Gasteiger partial charge in [0, 0.05) is 43.8 Å². The maximum Gasteiger partial charge on any atom is 0.164 e. The van der Waals surface area contributed by atoms with E-state index in [9.17, 15) is 0 Å². The van der Waals surface area contributed by atoms with Crippen molar-refractivity contribution in [1.29, 1.82) is 0 Å². The molecule has 53 heavy (non-hydrogen) atoms. The minimum absolute atomic E-state index is 0.567. The van der Waals surface area contributed by atoms with Gasteiger partial charge in [0.2, 0.25) is 0 Å². The van der Waals surface area contributed by atoms with Gasteiger partial charge in [0.05, 0.1) is 10.2 Å². The topological polar surface area (TPSA) is 77.8 Å². The summed E-state index contributed by atoms with van der Waals surface area (Å²) in [6.07, 6.45) is 0. The van der Waals surface area contributed by atoms with Crippen LogP contribution in [0.5, 0.6) is 0 Å². The number of benzene rings is 7. The normalized spacial score (nSPS) is 11.8. The fourth-order valence-electron chi connectivity index (χ4n) is 7.29. The van der Waals surface area contributed by atoms with E-state index < -0.39 is 0 Å². The molecule has 7 heteroatoms. The molecular weight excluding hydrogens is 673 g/mol. The molecule has 0 aliphatic carbocycles. The van der Waals surface area contributed by atoms with Crippen LogP contribution in [-0.4, -0.2) is 19.9 Å². The minimum Gasteiger partial charge on any atom is -0.456 e. The van der Waals surface area contributed by atoms with Crippen LogP contribution in [-0.2, 0) is 0 Å². The summed E-state index contributed by atoms with van der Waals surface area (Å²) in [5, 5.41) is 4.96. The second-order valence-electron chi connectivity index (χ2n) is 13.0. The summed E-state index contributed by atoms with van der Waals surface area (Å²) < 4.78 is 13.9. The Labute approximate surface area is 306 Å².